The standard InChI is InChI=1S/C14H19NO3/c1-2-3-4-13(14(16)17)15-12-6-5-10-8-18-9-11(10)7-12/h5-7,13,15H,2-4,8-9H2,1H3,(H,16,17). The average molecular weight is 249 g/mol. The van der Waals surface area contributed by atoms with Crippen LogP contribution in [0.4, 0.5) is 5.69 Å². The second kappa shape index (κ2) is 5.87. The Kier molecular flexibility index (Phi) is 4.20. The van der Waals surface area contributed by atoms with Gasteiger partial charge in [-0.05, 0) is 29.7 Å². The van der Waals surface area contributed by atoms with E-state index in [0.29, 0.717) is 19.6 Å². The number of aliphatic carboxylic acids is 1. The lowest BCUT2D eigenvalue weighted by Gasteiger charge is -2.16. The third kappa shape index (κ3) is 3.01. The van der Waals surface area contributed by atoms with Crippen molar-refractivity contribution in [2.24, 2.45) is 0 Å². The van der Waals surface area contributed by atoms with Crippen LogP contribution in [-0.4, -0.2) is 17.1 Å². The van der Waals surface area contributed by atoms with Gasteiger partial charge in [0, 0.05) is 5.69 Å². The molecule has 1 aromatic carbocycles. The van der Waals surface area contributed by atoms with Crippen LogP contribution in [0.1, 0.15) is 37.3 Å². The third-order valence-corrected chi connectivity index (χ3v) is 3.21. The van der Waals surface area contributed by atoms with Crippen LogP contribution in [0.15, 0.2) is 18.2 Å². The Morgan fingerprint density at radius 2 is 2.22 bits per heavy atom. The zero-order valence-corrected chi connectivity index (χ0v) is 10.6. The van der Waals surface area contributed by atoms with Gasteiger partial charge in [-0.2, -0.15) is 0 Å². The molecule has 2 N–H and O–H groups in total. The van der Waals surface area contributed by atoms with Gasteiger partial charge < -0.3 is 15.2 Å². The van der Waals surface area contributed by atoms with E-state index >= 15 is 0 Å². The molecule has 0 radical (unpaired) electrons. The number of ether oxygens (including phenoxy) is 1. The first kappa shape index (κ1) is 12.9. The van der Waals surface area contributed by atoms with Crippen LogP contribution in [0.25, 0.3) is 0 Å². The van der Waals surface area contributed by atoms with Crippen LogP contribution in [0.2, 0.25) is 0 Å². The molecule has 4 heteroatoms. The van der Waals surface area contributed by atoms with Gasteiger partial charge in [0.2, 0.25) is 0 Å². The topological polar surface area (TPSA) is 58.6 Å². The summed E-state index contributed by atoms with van der Waals surface area (Å²) >= 11 is 0. The molecule has 0 amide bonds. The summed E-state index contributed by atoms with van der Waals surface area (Å²) in [5, 5.41) is 12.3. The van der Waals surface area contributed by atoms with Gasteiger partial charge in [0.05, 0.1) is 13.2 Å². The van der Waals surface area contributed by atoms with E-state index in [4.69, 9.17) is 9.84 Å². The maximum atomic E-state index is 11.2. The van der Waals surface area contributed by atoms with Crippen molar-refractivity contribution in [2.75, 3.05) is 5.32 Å². The van der Waals surface area contributed by atoms with Gasteiger partial charge in [-0.25, -0.2) is 4.79 Å². The van der Waals surface area contributed by atoms with Gasteiger partial charge in [-0.1, -0.05) is 25.8 Å². The molecule has 0 aliphatic carbocycles. The minimum atomic E-state index is -0.791. The molecule has 4 nitrogen and oxygen atoms in total. The zero-order chi connectivity index (χ0) is 13.0. The minimum absolute atomic E-state index is 0.509. The van der Waals surface area contributed by atoms with Crippen molar-refractivity contribution in [1.29, 1.82) is 0 Å². The number of nitrogens with one attached hydrogen (secondary N) is 1. The predicted molar refractivity (Wildman–Crippen MR) is 69.5 cm³/mol. The molecule has 2 rings (SSSR count). The first-order valence-corrected chi connectivity index (χ1v) is 6.39. The Bertz CT molecular complexity index is 431. The number of anilines is 1. The molecule has 0 saturated heterocycles. The summed E-state index contributed by atoms with van der Waals surface area (Å²) in [5.74, 6) is -0.791. The molecule has 1 atom stereocenters. The lowest BCUT2D eigenvalue weighted by atomic mass is 10.1. The van der Waals surface area contributed by atoms with Crippen molar-refractivity contribution in [3.63, 3.8) is 0 Å². The van der Waals surface area contributed by atoms with Crippen LogP contribution in [0.3, 0.4) is 0 Å². The first-order chi connectivity index (χ1) is 8.70. The van der Waals surface area contributed by atoms with E-state index in [9.17, 15) is 4.79 Å². The van der Waals surface area contributed by atoms with Crippen LogP contribution in [-0.2, 0) is 22.7 Å². The summed E-state index contributed by atoms with van der Waals surface area (Å²) in [7, 11) is 0. The second-order valence-corrected chi connectivity index (χ2v) is 4.65. The number of carboxylic acids is 1. The van der Waals surface area contributed by atoms with Crippen molar-refractivity contribution in [2.45, 2.75) is 45.4 Å². The molecule has 0 fully saturated rings. The van der Waals surface area contributed by atoms with Crippen LogP contribution in [0.5, 0.6) is 0 Å². The summed E-state index contributed by atoms with van der Waals surface area (Å²) < 4.78 is 5.34. The molecule has 0 saturated carbocycles. The van der Waals surface area contributed by atoms with E-state index < -0.39 is 12.0 Å². The van der Waals surface area contributed by atoms with Gasteiger partial charge in [0.1, 0.15) is 6.04 Å². The normalized spacial score (nSPS) is 15.2. The van der Waals surface area contributed by atoms with Crippen molar-refractivity contribution >= 4 is 11.7 Å². The van der Waals surface area contributed by atoms with E-state index in [1.54, 1.807) is 0 Å². The fourth-order valence-corrected chi connectivity index (χ4v) is 2.13. The minimum Gasteiger partial charge on any atom is -0.480 e. The summed E-state index contributed by atoms with van der Waals surface area (Å²) in [4.78, 5) is 11.2. The van der Waals surface area contributed by atoms with Crippen LogP contribution < -0.4 is 5.32 Å². The van der Waals surface area contributed by atoms with E-state index in [1.807, 2.05) is 18.2 Å². The van der Waals surface area contributed by atoms with Crippen molar-refractivity contribution < 1.29 is 14.6 Å². The number of benzene rings is 1. The first-order valence-electron chi connectivity index (χ1n) is 6.39. The molecule has 0 bridgehead atoms. The van der Waals surface area contributed by atoms with E-state index in [0.717, 1.165) is 24.1 Å². The molecule has 1 heterocycles. The predicted octanol–water partition coefficient (Wildman–Crippen LogP) is 2.77. The average Bonchev–Trinajstić information content (AvgIpc) is 2.81. The number of unbranched alkanes of at least 4 members (excludes halogenated alkanes) is 1. The third-order valence-electron chi connectivity index (χ3n) is 3.21. The molecular formula is C14H19NO3. The number of carboxylic acid groups (broad SMARTS) is 1. The molecule has 1 aliphatic heterocycles. The van der Waals surface area contributed by atoms with Crippen molar-refractivity contribution in [1.82, 2.24) is 0 Å². The second-order valence-electron chi connectivity index (χ2n) is 4.65. The number of hydrogen-bond donors (Lipinski definition) is 2. The van der Waals surface area contributed by atoms with Gasteiger partial charge in [-0.15, -0.1) is 0 Å². The maximum Gasteiger partial charge on any atom is 0.326 e. The molecule has 1 aromatic rings. The Labute approximate surface area is 107 Å². The van der Waals surface area contributed by atoms with Gasteiger partial charge >= 0.3 is 5.97 Å². The number of hydrogen-bond acceptors (Lipinski definition) is 3. The number of fused-ring (bicyclic) bond motifs is 1. The van der Waals surface area contributed by atoms with Gasteiger partial charge in [0.15, 0.2) is 0 Å². The highest BCUT2D eigenvalue weighted by molar-refractivity contribution is 5.77. The van der Waals surface area contributed by atoms with Gasteiger partial charge in [-0.3, -0.25) is 0 Å². The lowest BCUT2D eigenvalue weighted by Crippen LogP contribution is -2.29. The quantitative estimate of drug-likeness (QED) is 0.814. The van der Waals surface area contributed by atoms with E-state index in [1.165, 1.54) is 5.56 Å². The highest BCUT2D eigenvalue weighted by Gasteiger charge is 2.17. The highest BCUT2D eigenvalue weighted by Crippen LogP contribution is 2.24. The monoisotopic (exact) mass is 249 g/mol. The fourth-order valence-electron chi connectivity index (χ4n) is 2.13. The number of carbonyl (C=O) groups is 1. The molecule has 98 valence electrons. The van der Waals surface area contributed by atoms with Crippen molar-refractivity contribution in [3.05, 3.63) is 29.3 Å². The maximum absolute atomic E-state index is 11.2. The summed E-state index contributed by atoms with van der Waals surface area (Å²) in [5.41, 5.74) is 3.21. The van der Waals surface area contributed by atoms with Crippen LogP contribution >= 0.6 is 0 Å². The molecule has 0 aromatic heterocycles. The molecule has 1 aliphatic rings. The zero-order valence-electron chi connectivity index (χ0n) is 10.6. The lowest BCUT2D eigenvalue weighted by molar-refractivity contribution is -0.138. The summed E-state index contributed by atoms with van der Waals surface area (Å²) in [6.45, 7) is 3.34. The van der Waals surface area contributed by atoms with E-state index in [2.05, 4.69) is 12.2 Å². The fraction of sp³-hybridized carbons (Fsp3) is 0.500. The summed E-state index contributed by atoms with van der Waals surface area (Å²) in [6, 6.07) is 5.41. The van der Waals surface area contributed by atoms with Gasteiger partial charge in [0.25, 0.3) is 0 Å². The molecular weight excluding hydrogens is 230 g/mol. The molecule has 18 heavy (non-hydrogen) atoms. The Morgan fingerprint density at radius 3 is 2.94 bits per heavy atom. The van der Waals surface area contributed by atoms with E-state index in [-0.39, 0.29) is 0 Å². The Hall–Kier alpha value is -1.55. The highest BCUT2D eigenvalue weighted by atomic mass is 16.5. The Morgan fingerprint density at radius 1 is 1.44 bits per heavy atom. The van der Waals surface area contributed by atoms with Crippen LogP contribution in [0, 0.1) is 0 Å². The SMILES string of the molecule is CCCCC(Nc1ccc2c(c1)COC2)C(=O)O. The molecule has 1 unspecified atom stereocenters. The smallest absolute Gasteiger partial charge is 0.326 e. The summed E-state index contributed by atoms with van der Waals surface area (Å²) in [6.07, 6.45) is 2.57. The molecule has 0 spiro atoms. The Balaban J connectivity index is 2.04. The van der Waals surface area contributed by atoms with Crippen molar-refractivity contribution in [3.8, 4) is 0 Å². The largest absolute Gasteiger partial charge is 0.480 e. The number of rotatable bonds is 6.